The molecule has 21 heavy (non-hydrogen) atoms. The fraction of sp³-hybridized carbons (Fsp3) is 0.176. The molecule has 1 heterocycles. The van der Waals surface area contributed by atoms with Crippen molar-refractivity contribution in [2.24, 2.45) is 0 Å². The Morgan fingerprint density at radius 3 is 2.19 bits per heavy atom. The first-order valence-corrected chi connectivity index (χ1v) is 6.92. The maximum Gasteiger partial charge on any atom is 0.228 e. The molecule has 0 aliphatic carbocycles. The summed E-state index contributed by atoms with van der Waals surface area (Å²) >= 11 is 0. The number of nitrogens with zero attached hydrogens (tertiary/aromatic N) is 4. The van der Waals surface area contributed by atoms with Gasteiger partial charge in [-0.1, -0.05) is 48.0 Å². The Bertz CT molecular complexity index is 727. The number of benzene rings is 2. The number of para-hydroxylation sites is 1. The van der Waals surface area contributed by atoms with Crippen LogP contribution in [0.4, 0.5) is 5.95 Å². The highest BCUT2D eigenvalue weighted by Crippen LogP contribution is 2.22. The van der Waals surface area contributed by atoms with Gasteiger partial charge < -0.3 is 4.90 Å². The van der Waals surface area contributed by atoms with Gasteiger partial charge in [-0.05, 0) is 19.1 Å². The van der Waals surface area contributed by atoms with Crippen molar-refractivity contribution in [1.29, 1.82) is 0 Å². The molecule has 106 valence electrons. The zero-order valence-electron chi connectivity index (χ0n) is 12.5. The maximum absolute atomic E-state index is 4.67. The minimum absolute atomic E-state index is 0.738. The summed E-state index contributed by atoms with van der Waals surface area (Å²) in [6, 6.07) is 18.3. The topological polar surface area (TPSA) is 34.0 Å². The highest BCUT2D eigenvalue weighted by molar-refractivity contribution is 5.58. The third-order valence-corrected chi connectivity index (χ3v) is 3.30. The lowest BCUT2D eigenvalue weighted by molar-refractivity contribution is 0.851. The Kier molecular flexibility index (Phi) is 3.44. The van der Waals surface area contributed by atoms with Gasteiger partial charge in [0.2, 0.25) is 5.95 Å². The van der Waals surface area contributed by atoms with Crippen molar-refractivity contribution in [2.75, 3.05) is 19.0 Å². The number of aromatic nitrogens is 3. The van der Waals surface area contributed by atoms with Gasteiger partial charge in [0.1, 0.15) is 0 Å². The second-order valence-corrected chi connectivity index (χ2v) is 5.24. The molecule has 0 aliphatic rings. The molecule has 4 nitrogen and oxygen atoms in total. The lowest BCUT2D eigenvalue weighted by Gasteiger charge is -2.12. The molecule has 3 rings (SSSR count). The molecule has 0 radical (unpaired) electrons. The summed E-state index contributed by atoms with van der Waals surface area (Å²) in [5.74, 6) is 1.55. The predicted octanol–water partition coefficient (Wildman–Crippen LogP) is 3.31. The van der Waals surface area contributed by atoms with Crippen LogP contribution in [0.5, 0.6) is 0 Å². The maximum atomic E-state index is 4.67. The van der Waals surface area contributed by atoms with Crippen LogP contribution < -0.4 is 4.90 Å². The number of aryl methyl sites for hydroxylation is 1. The van der Waals surface area contributed by atoms with E-state index in [0.29, 0.717) is 0 Å². The van der Waals surface area contributed by atoms with Gasteiger partial charge in [0.05, 0.1) is 5.69 Å². The Balaban J connectivity index is 2.11. The quantitative estimate of drug-likeness (QED) is 0.737. The molecule has 3 aromatic rings. The molecule has 0 saturated carbocycles. The third-order valence-electron chi connectivity index (χ3n) is 3.30. The van der Waals surface area contributed by atoms with Crippen molar-refractivity contribution in [3.05, 3.63) is 60.2 Å². The second-order valence-electron chi connectivity index (χ2n) is 5.24. The smallest absolute Gasteiger partial charge is 0.228 e. The molecular formula is C17H18N4. The summed E-state index contributed by atoms with van der Waals surface area (Å²) in [4.78, 5) is 6.63. The van der Waals surface area contributed by atoms with Gasteiger partial charge in [-0.3, -0.25) is 0 Å². The Morgan fingerprint density at radius 1 is 0.905 bits per heavy atom. The molecule has 0 unspecified atom stereocenters. The van der Waals surface area contributed by atoms with Crippen LogP contribution in [0.25, 0.3) is 17.1 Å². The van der Waals surface area contributed by atoms with Crippen LogP contribution in [0, 0.1) is 6.92 Å². The molecule has 0 atom stereocenters. The van der Waals surface area contributed by atoms with E-state index in [0.717, 1.165) is 23.0 Å². The van der Waals surface area contributed by atoms with E-state index in [-0.39, 0.29) is 0 Å². The van der Waals surface area contributed by atoms with E-state index < -0.39 is 0 Å². The van der Waals surface area contributed by atoms with Gasteiger partial charge in [-0.25, -0.2) is 0 Å². The number of hydrogen-bond donors (Lipinski definition) is 0. The molecule has 0 spiro atoms. The summed E-state index contributed by atoms with van der Waals surface area (Å²) in [5, 5.41) is 4.67. The highest BCUT2D eigenvalue weighted by Gasteiger charge is 2.14. The van der Waals surface area contributed by atoms with Gasteiger partial charge in [-0.2, -0.15) is 9.67 Å². The van der Waals surface area contributed by atoms with Gasteiger partial charge >= 0.3 is 0 Å². The molecule has 0 aliphatic heterocycles. The molecular weight excluding hydrogens is 260 g/mol. The molecule has 0 bridgehead atoms. The number of anilines is 1. The molecule has 0 N–H and O–H groups in total. The van der Waals surface area contributed by atoms with Crippen molar-refractivity contribution in [3.8, 4) is 17.1 Å². The van der Waals surface area contributed by atoms with Crippen molar-refractivity contribution in [2.45, 2.75) is 6.92 Å². The van der Waals surface area contributed by atoms with Crippen molar-refractivity contribution < 1.29 is 0 Å². The van der Waals surface area contributed by atoms with Crippen LogP contribution >= 0.6 is 0 Å². The first-order valence-electron chi connectivity index (χ1n) is 6.92. The van der Waals surface area contributed by atoms with Gasteiger partial charge in [0.15, 0.2) is 5.82 Å². The van der Waals surface area contributed by atoms with E-state index in [1.165, 1.54) is 5.56 Å². The van der Waals surface area contributed by atoms with Crippen molar-refractivity contribution in [3.63, 3.8) is 0 Å². The van der Waals surface area contributed by atoms with Gasteiger partial charge in [-0.15, -0.1) is 5.10 Å². The minimum Gasteiger partial charge on any atom is -0.347 e. The van der Waals surface area contributed by atoms with Crippen molar-refractivity contribution >= 4 is 5.95 Å². The highest BCUT2D eigenvalue weighted by atomic mass is 15.4. The Labute approximate surface area is 124 Å². The van der Waals surface area contributed by atoms with Crippen LogP contribution in [-0.2, 0) is 0 Å². The summed E-state index contributed by atoms with van der Waals surface area (Å²) in [5.41, 5.74) is 3.26. The fourth-order valence-corrected chi connectivity index (χ4v) is 2.16. The normalized spacial score (nSPS) is 10.6. The fourth-order valence-electron chi connectivity index (χ4n) is 2.16. The van der Waals surface area contributed by atoms with E-state index in [9.17, 15) is 0 Å². The molecule has 0 saturated heterocycles. The molecule has 0 fully saturated rings. The predicted molar refractivity (Wildman–Crippen MR) is 85.9 cm³/mol. The Hall–Kier alpha value is -2.62. The van der Waals surface area contributed by atoms with Crippen molar-refractivity contribution in [1.82, 2.24) is 14.8 Å². The van der Waals surface area contributed by atoms with Crippen LogP contribution in [0.3, 0.4) is 0 Å². The molecule has 2 aromatic carbocycles. The summed E-state index contributed by atoms with van der Waals surface area (Å²) in [6.45, 7) is 2.07. The van der Waals surface area contributed by atoms with E-state index in [2.05, 4.69) is 41.3 Å². The van der Waals surface area contributed by atoms with E-state index in [1.807, 2.05) is 54.0 Å². The second kappa shape index (κ2) is 5.40. The standard InChI is InChI=1S/C17H18N4/c1-13-9-11-14(12-10-13)16-18-17(20(2)3)21(19-16)15-7-5-4-6-8-15/h4-12H,1-3H3. The summed E-state index contributed by atoms with van der Waals surface area (Å²) in [7, 11) is 3.95. The lowest BCUT2D eigenvalue weighted by Crippen LogP contribution is -2.15. The average molecular weight is 278 g/mol. The molecule has 1 aromatic heterocycles. The number of rotatable bonds is 3. The molecule has 0 amide bonds. The lowest BCUT2D eigenvalue weighted by atomic mass is 10.1. The SMILES string of the molecule is Cc1ccc(-c2nc(N(C)C)n(-c3ccccc3)n2)cc1. The zero-order chi connectivity index (χ0) is 14.8. The van der Waals surface area contributed by atoms with Crippen LogP contribution in [0.1, 0.15) is 5.56 Å². The number of hydrogen-bond acceptors (Lipinski definition) is 3. The largest absolute Gasteiger partial charge is 0.347 e. The molecule has 4 heteroatoms. The van der Waals surface area contributed by atoms with Crippen LogP contribution in [0.2, 0.25) is 0 Å². The van der Waals surface area contributed by atoms with Gasteiger partial charge in [0.25, 0.3) is 0 Å². The minimum atomic E-state index is 0.738. The van der Waals surface area contributed by atoms with Gasteiger partial charge in [0, 0.05) is 19.7 Å². The van der Waals surface area contributed by atoms with E-state index in [1.54, 1.807) is 0 Å². The van der Waals surface area contributed by atoms with Crippen LogP contribution in [0.15, 0.2) is 54.6 Å². The Morgan fingerprint density at radius 2 is 1.57 bits per heavy atom. The summed E-state index contributed by atoms with van der Waals surface area (Å²) in [6.07, 6.45) is 0. The first kappa shape index (κ1) is 13.4. The monoisotopic (exact) mass is 278 g/mol. The summed E-state index contributed by atoms with van der Waals surface area (Å²) < 4.78 is 1.87. The van der Waals surface area contributed by atoms with E-state index in [4.69, 9.17) is 0 Å². The first-order chi connectivity index (χ1) is 10.1. The average Bonchev–Trinajstić information content (AvgIpc) is 2.94. The van der Waals surface area contributed by atoms with E-state index >= 15 is 0 Å². The zero-order valence-corrected chi connectivity index (χ0v) is 12.5. The third kappa shape index (κ3) is 2.65. The van der Waals surface area contributed by atoms with Crippen LogP contribution in [-0.4, -0.2) is 28.9 Å².